The molecule has 0 aliphatic heterocycles. The lowest BCUT2D eigenvalue weighted by atomic mass is 10.2. The Morgan fingerprint density at radius 1 is 1.14 bits per heavy atom. The Balaban J connectivity index is 1.86. The number of hydrogen-bond acceptors (Lipinski definition) is 4. The summed E-state index contributed by atoms with van der Waals surface area (Å²) < 4.78 is 13.3. The van der Waals surface area contributed by atoms with Crippen molar-refractivity contribution in [2.45, 2.75) is 6.92 Å². The molecule has 0 bridgehead atoms. The van der Waals surface area contributed by atoms with Gasteiger partial charge in [-0.1, -0.05) is 18.2 Å². The van der Waals surface area contributed by atoms with Gasteiger partial charge in [-0.15, -0.1) is 11.3 Å². The van der Waals surface area contributed by atoms with Gasteiger partial charge in [0.2, 0.25) is 0 Å². The van der Waals surface area contributed by atoms with E-state index in [0.717, 1.165) is 33.3 Å². The predicted octanol–water partition coefficient (Wildman–Crippen LogP) is 5.04. The van der Waals surface area contributed by atoms with Gasteiger partial charge in [0.05, 0.1) is 5.69 Å². The molecule has 1 aromatic heterocycles. The van der Waals surface area contributed by atoms with Crippen LogP contribution >= 0.6 is 11.3 Å². The Labute approximate surface area is 132 Å². The Morgan fingerprint density at radius 2 is 2.00 bits per heavy atom. The monoisotopic (exact) mass is 313 g/mol. The molecule has 0 unspecified atom stereocenters. The molecule has 1 heterocycles. The second-order valence-corrected chi connectivity index (χ2v) is 5.81. The molecular formula is C17H16FN3S. The summed E-state index contributed by atoms with van der Waals surface area (Å²) in [6.45, 7) is 2.04. The average molecular weight is 313 g/mol. The zero-order chi connectivity index (χ0) is 15.5. The molecule has 112 valence electrons. The molecule has 0 saturated heterocycles. The number of benzene rings is 2. The van der Waals surface area contributed by atoms with Crippen molar-refractivity contribution in [1.82, 2.24) is 4.98 Å². The molecule has 22 heavy (non-hydrogen) atoms. The molecule has 0 atom stereocenters. The number of anilines is 3. The molecule has 3 rings (SSSR count). The topological polar surface area (TPSA) is 37.0 Å². The SMILES string of the molecule is CNc1ccc(C)c(Nc2nc(-c3cccc(F)c3)cs2)c1. The lowest BCUT2D eigenvalue weighted by molar-refractivity contribution is 0.628. The van der Waals surface area contributed by atoms with Crippen LogP contribution < -0.4 is 10.6 Å². The van der Waals surface area contributed by atoms with Gasteiger partial charge in [0.25, 0.3) is 0 Å². The van der Waals surface area contributed by atoms with Crippen LogP contribution in [0.5, 0.6) is 0 Å². The van der Waals surface area contributed by atoms with Crippen molar-refractivity contribution in [1.29, 1.82) is 0 Å². The van der Waals surface area contributed by atoms with Crippen LogP contribution in [0.25, 0.3) is 11.3 Å². The van der Waals surface area contributed by atoms with E-state index in [0.29, 0.717) is 0 Å². The molecule has 0 aliphatic rings. The molecule has 0 saturated carbocycles. The molecule has 2 aromatic carbocycles. The molecule has 3 aromatic rings. The van der Waals surface area contributed by atoms with Crippen LogP contribution in [-0.2, 0) is 0 Å². The summed E-state index contributed by atoms with van der Waals surface area (Å²) >= 11 is 1.50. The second-order valence-electron chi connectivity index (χ2n) is 4.95. The van der Waals surface area contributed by atoms with Crippen LogP contribution in [0.1, 0.15) is 5.56 Å². The smallest absolute Gasteiger partial charge is 0.187 e. The van der Waals surface area contributed by atoms with Crippen molar-refractivity contribution in [2.75, 3.05) is 17.7 Å². The number of rotatable bonds is 4. The van der Waals surface area contributed by atoms with E-state index in [9.17, 15) is 4.39 Å². The summed E-state index contributed by atoms with van der Waals surface area (Å²) in [6, 6.07) is 12.6. The summed E-state index contributed by atoms with van der Waals surface area (Å²) in [5, 5.41) is 9.16. The first-order valence-electron chi connectivity index (χ1n) is 6.92. The minimum absolute atomic E-state index is 0.252. The zero-order valence-corrected chi connectivity index (χ0v) is 13.2. The first kappa shape index (κ1) is 14.5. The van der Waals surface area contributed by atoms with Gasteiger partial charge in [0, 0.05) is 29.4 Å². The van der Waals surface area contributed by atoms with Gasteiger partial charge >= 0.3 is 0 Å². The van der Waals surface area contributed by atoms with Gasteiger partial charge < -0.3 is 10.6 Å². The van der Waals surface area contributed by atoms with Crippen molar-refractivity contribution in [3.05, 3.63) is 59.2 Å². The van der Waals surface area contributed by atoms with E-state index in [1.165, 1.54) is 23.5 Å². The van der Waals surface area contributed by atoms with Crippen LogP contribution in [0.15, 0.2) is 47.8 Å². The van der Waals surface area contributed by atoms with Crippen molar-refractivity contribution in [3.63, 3.8) is 0 Å². The Bertz CT molecular complexity index is 798. The number of hydrogen-bond donors (Lipinski definition) is 2. The van der Waals surface area contributed by atoms with Crippen molar-refractivity contribution in [2.24, 2.45) is 0 Å². The summed E-state index contributed by atoms with van der Waals surface area (Å²) in [6.07, 6.45) is 0. The van der Waals surface area contributed by atoms with E-state index in [4.69, 9.17) is 0 Å². The summed E-state index contributed by atoms with van der Waals surface area (Å²) in [4.78, 5) is 4.53. The fourth-order valence-electron chi connectivity index (χ4n) is 2.14. The van der Waals surface area contributed by atoms with Crippen LogP contribution in [0, 0.1) is 12.7 Å². The van der Waals surface area contributed by atoms with Crippen molar-refractivity contribution in [3.8, 4) is 11.3 Å². The third-order valence-corrected chi connectivity index (χ3v) is 4.15. The van der Waals surface area contributed by atoms with Crippen LogP contribution in [0.4, 0.5) is 20.9 Å². The second kappa shape index (κ2) is 6.15. The van der Waals surface area contributed by atoms with Crippen LogP contribution in [0.3, 0.4) is 0 Å². The van der Waals surface area contributed by atoms with Crippen molar-refractivity contribution < 1.29 is 4.39 Å². The molecule has 0 fully saturated rings. The predicted molar refractivity (Wildman–Crippen MR) is 91.5 cm³/mol. The van der Waals surface area contributed by atoms with Gasteiger partial charge in [0.1, 0.15) is 5.82 Å². The molecule has 3 nitrogen and oxygen atoms in total. The van der Waals surface area contributed by atoms with E-state index in [2.05, 4.69) is 21.7 Å². The summed E-state index contributed by atoms with van der Waals surface area (Å²) in [5.74, 6) is -0.252. The van der Waals surface area contributed by atoms with Crippen LogP contribution in [0.2, 0.25) is 0 Å². The van der Waals surface area contributed by atoms with E-state index in [1.54, 1.807) is 6.07 Å². The first-order valence-corrected chi connectivity index (χ1v) is 7.80. The third kappa shape index (κ3) is 3.09. The molecule has 0 radical (unpaired) electrons. The number of thiazole rings is 1. The standard InChI is InChI=1S/C17H16FN3S/c1-11-6-7-14(19-2)9-15(11)20-17-21-16(10-22-17)12-4-3-5-13(18)8-12/h3-10,19H,1-2H3,(H,20,21). The van der Waals surface area contributed by atoms with E-state index in [-0.39, 0.29) is 5.82 Å². The highest BCUT2D eigenvalue weighted by atomic mass is 32.1. The summed E-state index contributed by atoms with van der Waals surface area (Å²) in [5.41, 5.74) is 4.74. The first-order chi connectivity index (χ1) is 10.7. The maximum absolute atomic E-state index is 13.3. The Hall–Kier alpha value is -2.40. The van der Waals surface area contributed by atoms with Gasteiger partial charge in [-0.2, -0.15) is 0 Å². The van der Waals surface area contributed by atoms with E-state index >= 15 is 0 Å². The fraction of sp³-hybridized carbons (Fsp3) is 0.118. The third-order valence-electron chi connectivity index (χ3n) is 3.39. The number of nitrogens with one attached hydrogen (secondary N) is 2. The lowest BCUT2D eigenvalue weighted by Gasteiger charge is -2.09. The minimum atomic E-state index is -0.252. The maximum atomic E-state index is 13.3. The number of aromatic nitrogens is 1. The van der Waals surface area contributed by atoms with Crippen molar-refractivity contribution >= 4 is 27.8 Å². The Morgan fingerprint density at radius 3 is 2.77 bits per heavy atom. The average Bonchev–Trinajstić information content (AvgIpc) is 2.98. The van der Waals surface area contributed by atoms with Gasteiger partial charge in [0.15, 0.2) is 5.13 Å². The minimum Gasteiger partial charge on any atom is -0.388 e. The highest BCUT2D eigenvalue weighted by Crippen LogP contribution is 2.29. The fourth-order valence-corrected chi connectivity index (χ4v) is 2.87. The maximum Gasteiger partial charge on any atom is 0.187 e. The number of aryl methyl sites for hydroxylation is 1. The molecule has 5 heteroatoms. The molecule has 0 spiro atoms. The van der Waals surface area contributed by atoms with Crippen LogP contribution in [-0.4, -0.2) is 12.0 Å². The Kier molecular flexibility index (Phi) is 4.06. The zero-order valence-electron chi connectivity index (χ0n) is 12.4. The normalized spacial score (nSPS) is 10.5. The molecule has 0 aliphatic carbocycles. The largest absolute Gasteiger partial charge is 0.388 e. The molecule has 0 amide bonds. The molecule has 2 N–H and O–H groups in total. The summed E-state index contributed by atoms with van der Waals surface area (Å²) in [7, 11) is 1.89. The van der Waals surface area contributed by atoms with E-state index in [1.807, 2.05) is 37.6 Å². The highest BCUT2D eigenvalue weighted by molar-refractivity contribution is 7.14. The van der Waals surface area contributed by atoms with Gasteiger partial charge in [-0.25, -0.2) is 9.37 Å². The van der Waals surface area contributed by atoms with Gasteiger partial charge in [-0.05, 0) is 36.8 Å². The molecular weight excluding hydrogens is 297 g/mol. The highest BCUT2D eigenvalue weighted by Gasteiger charge is 2.07. The van der Waals surface area contributed by atoms with E-state index < -0.39 is 0 Å². The van der Waals surface area contributed by atoms with Gasteiger partial charge in [-0.3, -0.25) is 0 Å². The quantitative estimate of drug-likeness (QED) is 0.708. The number of halogens is 1. The lowest BCUT2D eigenvalue weighted by Crippen LogP contribution is -1.95. The number of nitrogens with zero attached hydrogens (tertiary/aromatic N) is 1.